The Morgan fingerprint density at radius 3 is 2.82 bits per heavy atom. The maximum Gasteiger partial charge on any atom is 0.159 e. The molecule has 1 aromatic rings. The van der Waals surface area contributed by atoms with Crippen LogP contribution < -0.4 is 5.73 Å². The molecule has 0 aliphatic carbocycles. The SMILES string of the molecule is CC(=O)c1cccc(C[NH])c1. The second-order valence-corrected chi connectivity index (χ2v) is 2.43. The molecule has 1 rings (SSSR count). The topological polar surface area (TPSA) is 40.9 Å². The van der Waals surface area contributed by atoms with Gasteiger partial charge in [0, 0.05) is 12.1 Å². The third-order valence-electron chi connectivity index (χ3n) is 1.54. The standard InChI is InChI=1S/C9H10NO/c1-7(11)9-4-2-3-8(5-9)6-10/h2-5,10H,6H2,1H3. The maximum absolute atomic E-state index is 10.9. The Labute approximate surface area is 66.0 Å². The van der Waals surface area contributed by atoms with Crippen molar-refractivity contribution in [3.63, 3.8) is 0 Å². The number of carbonyl (C=O) groups excluding carboxylic acids is 1. The third-order valence-corrected chi connectivity index (χ3v) is 1.54. The Morgan fingerprint density at radius 2 is 2.27 bits per heavy atom. The number of Topliss-reactive ketones (excluding diaryl/α,β-unsaturated/α-hetero) is 1. The van der Waals surface area contributed by atoms with Crippen molar-refractivity contribution in [2.75, 3.05) is 0 Å². The van der Waals surface area contributed by atoms with E-state index in [-0.39, 0.29) is 12.3 Å². The van der Waals surface area contributed by atoms with Gasteiger partial charge in [0.05, 0.1) is 0 Å². The zero-order valence-corrected chi connectivity index (χ0v) is 6.42. The number of ketones is 1. The minimum atomic E-state index is 0.0558. The molecule has 0 saturated carbocycles. The minimum absolute atomic E-state index is 0.0558. The van der Waals surface area contributed by atoms with E-state index < -0.39 is 0 Å². The molecule has 1 radical (unpaired) electrons. The summed E-state index contributed by atoms with van der Waals surface area (Å²) in [5.41, 5.74) is 8.65. The summed E-state index contributed by atoms with van der Waals surface area (Å²) >= 11 is 0. The van der Waals surface area contributed by atoms with Crippen LogP contribution >= 0.6 is 0 Å². The molecule has 57 valence electrons. The molecule has 0 aliphatic heterocycles. The van der Waals surface area contributed by atoms with E-state index in [0.717, 1.165) is 5.56 Å². The molecule has 2 heteroatoms. The van der Waals surface area contributed by atoms with Crippen LogP contribution in [-0.2, 0) is 6.54 Å². The van der Waals surface area contributed by atoms with Gasteiger partial charge < -0.3 is 0 Å². The Hall–Kier alpha value is -1.15. The van der Waals surface area contributed by atoms with Gasteiger partial charge in [-0.15, -0.1) is 0 Å². The normalized spacial score (nSPS) is 9.64. The van der Waals surface area contributed by atoms with Gasteiger partial charge in [-0.2, -0.15) is 0 Å². The van der Waals surface area contributed by atoms with Crippen LogP contribution in [0, 0.1) is 0 Å². The Balaban J connectivity index is 3.01. The van der Waals surface area contributed by atoms with Crippen molar-refractivity contribution in [3.8, 4) is 0 Å². The van der Waals surface area contributed by atoms with Crippen LogP contribution in [-0.4, -0.2) is 5.78 Å². The molecule has 0 atom stereocenters. The fraction of sp³-hybridized carbons (Fsp3) is 0.222. The summed E-state index contributed by atoms with van der Waals surface area (Å²) in [6, 6.07) is 7.18. The lowest BCUT2D eigenvalue weighted by molar-refractivity contribution is 0.101. The van der Waals surface area contributed by atoms with Gasteiger partial charge in [0.2, 0.25) is 0 Å². The fourth-order valence-corrected chi connectivity index (χ4v) is 0.900. The lowest BCUT2D eigenvalue weighted by Crippen LogP contribution is -1.93. The van der Waals surface area contributed by atoms with Crippen molar-refractivity contribution in [3.05, 3.63) is 35.4 Å². The molecular weight excluding hydrogens is 138 g/mol. The van der Waals surface area contributed by atoms with Gasteiger partial charge in [0.25, 0.3) is 0 Å². The van der Waals surface area contributed by atoms with Crippen LogP contribution in [0.25, 0.3) is 0 Å². The molecule has 1 aromatic carbocycles. The highest BCUT2D eigenvalue weighted by Crippen LogP contribution is 2.04. The molecule has 0 heterocycles. The average Bonchev–Trinajstić information content (AvgIpc) is 2.05. The number of rotatable bonds is 2. The number of carbonyl (C=O) groups is 1. The summed E-state index contributed by atoms with van der Waals surface area (Å²) in [5, 5.41) is 0. The fourth-order valence-electron chi connectivity index (χ4n) is 0.900. The van der Waals surface area contributed by atoms with Crippen molar-refractivity contribution in [1.29, 1.82) is 0 Å². The Bertz CT molecular complexity index is 268. The molecule has 0 amide bonds. The van der Waals surface area contributed by atoms with E-state index in [1.165, 1.54) is 6.92 Å². The van der Waals surface area contributed by atoms with Gasteiger partial charge in [-0.25, -0.2) is 0 Å². The van der Waals surface area contributed by atoms with Crippen molar-refractivity contribution in [1.82, 2.24) is 5.73 Å². The summed E-state index contributed by atoms with van der Waals surface area (Å²) in [4.78, 5) is 10.9. The third kappa shape index (κ3) is 1.88. The summed E-state index contributed by atoms with van der Waals surface area (Å²) in [7, 11) is 0. The molecule has 0 aliphatic rings. The molecule has 0 spiro atoms. The van der Waals surface area contributed by atoms with E-state index in [2.05, 4.69) is 0 Å². The first-order chi connectivity index (χ1) is 5.24. The molecule has 11 heavy (non-hydrogen) atoms. The second kappa shape index (κ2) is 3.30. The zero-order chi connectivity index (χ0) is 8.27. The van der Waals surface area contributed by atoms with Crippen LogP contribution in [0.4, 0.5) is 0 Å². The van der Waals surface area contributed by atoms with Crippen LogP contribution in [0.1, 0.15) is 22.8 Å². The molecule has 2 nitrogen and oxygen atoms in total. The van der Waals surface area contributed by atoms with E-state index >= 15 is 0 Å². The summed E-state index contributed by atoms with van der Waals surface area (Å²) in [5.74, 6) is 0.0558. The first kappa shape index (κ1) is 7.95. The van der Waals surface area contributed by atoms with Gasteiger partial charge >= 0.3 is 0 Å². The average molecular weight is 148 g/mol. The number of hydrogen-bond acceptors (Lipinski definition) is 1. The van der Waals surface area contributed by atoms with E-state index in [1.807, 2.05) is 6.07 Å². The lowest BCUT2D eigenvalue weighted by atomic mass is 10.1. The highest BCUT2D eigenvalue weighted by molar-refractivity contribution is 5.94. The Morgan fingerprint density at radius 1 is 1.55 bits per heavy atom. The first-order valence-electron chi connectivity index (χ1n) is 3.48. The van der Waals surface area contributed by atoms with Crippen LogP contribution in [0.15, 0.2) is 24.3 Å². The van der Waals surface area contributed by atoms with Gasteiger partial charge in [-0.3, -0.25) is 10.5 Å². The lowest BCUT2D eigenvalue weighted by Gasteiger charge is -1.97. The molecule has 0 aromatic heterocycles. The van der Waals surface area contributed by atoms with E-state index in [9.17, 15) is 4.79 Å². The highest BCUT2D eigenvalue weighted by atomic mass is 16.1. The zero-order valence-electron chi connectivity index (χ0n) is 6.42. The first-order valence-corrected chi connectivity index (χ1v) is 3.48. The van der Waals surface area contributed by atoms with Crippen LogP contribution in [0.2, 0.25) is 0 Å². The highest BCUT2D eigenvalue weighted by Gasteiger charge is 1.97. The molecule has 0 saturated heterocycles. The number of hydrogen-bond donors (Lipinski definition) is 0. The summed E-state index contributed by atoms with van der Waals surface area (Å²) in [6.07, 6.45) is 0. The van der Waals surface area contributed by atoms with Crippen molar-refractivity contribution < 1.29 is 4.79 Å². The van der Waals surface area contributed by atoms with Crippen LogP contribution in [0.5, 0.6) is 0 Å². The Kier molecular flexibility index (Phi) is 2.39. The maximum atomic E-state index is 10.9. The molecule has 0 bridgehead atoms. The second-order valence-electron chi connectivity index (χ2n) is 2.43. The predicted octanol–water partition coefficient (Wildman–Crippen LogP) is 1.67. The van der Waals surface area contributed by atoms with Crippen molar-refractivity contribution >= 4 is 5.78 Å². The predicted molar refractivity (Wildman–Crippen MR) is 43.2 cm³/mol. The molecular formula is C9H10NO. The molecule has 0 unspecified atom stereocenters. The number of nitrogens with one attached hydrogen (secondary N) is 1. The minimum Gasteiger partial charge on any atom is -0.295 e. The van der Waals surface area contributed by atoms with Crippen molar-refractivity contribution in [2.24, 2.45) is 0 Å². The van der Waals surface area contributed by atoms with E-state index in [4.69, 9.17) is 5.73 Å². The molecule has 1 N–H and O–H groups in total. The van der Waals surface area contributed by atoms with Crippen LogP contribution in [0.3, 0.4) is 0 Å². The largest absolute Gasteiger partial charge is 0.295 e. The quantitative estimate of drug-likeness (QED) is 0.588. The summed E-state index contributed by atoms with van der Waals surface area (Å²) < 4.78 is 0. The van der Waals surface area contributed by atoms with E-state index in [0.29, 0.717) is 5.56 Å². The number of benzene rings is 1. The van der Waals surface area contributed by atoms with E-state index in [1.54, 1.807) is 18.2 Å². The smallest absolute Gasteiger partial charge is 0.159 e. The van der Waals surface area contributed by atoms with Gasteiger partial charge in [-0.05, 0) is 18.6 Å². The summed E-state index contributed by atoms with van der Waals surface area (Å²) in [6.45, 7) is 1.77. The monoisotopic (exact) mass is 148 g/mol. The van der Waals surface area contributed by atoms with Gasteiger partial charge in [0.15, 0.2) is 5.78 Å². The molecule has 0 fully saturated rings. The van der Waals surface area contributed by atoms with Gasteiger partial charge in [-0.1, -0.05) is 18.2 Å². The van der Waals surface area contributed by atoms with Gasteiger partial charge in [0.1, 0.15) is 0 Å². The van der Waals surface area contributed by atoms with Crippen molar-refractivity contribution in [2.45, 2.75) is 13.5 Å².